The van der Waals surface area contributed by atoms with Crippen molar-refractivity contribution < 1.29 is 19.4 Å². The maximum Gasteiger partial charge on any atom is 0.323 e. The Morgan fingerprint density at radius 2 is 2.00 bits per heavy atom. The van der Waals surface area contributed by atoms with Gasteiger partial charge >= 0.3 is 11.9 Å². The van der Waals surface area contributed by atoms with Crippen molar-refractivity contribution in [1.29, 1.82) is 0 Å². The summed E-state index contributed by atoms with van der Waals surface area (Å²) in [7, 11) is 1.33. The van der Waals surface area contributed by atoms with Gasteiger partial charge in [-0.15, -0.1) is 0 Å². The van der Waals surface area contributed by atoms with E-state index < -0.39 is 12.0 Å². The van der Waals surface area contributed by atoms with Crippen LogP contribution in [0.5, 0.6) is 0 Å². The SMILES string of the molecule is CCCN1C(C(=O)O)CCC1C(=O)OC. The molecule has 0 aromatic heterocycles. The summed E-state index contributed by atoms with van der Waals surface area (Å²) in [6, 6.07) is -0.912. The quantitative estimate of drug-likeness (QED) is 0.691. The van der Waals surface area contributed by atoms with Gasteiger partial charge in [0.1, 0.15) is 12.1 Å². The fourth-order valence-corrected chi connectivity index (χ4v) is 2.09. The first-order valence-electron chi connectivity index (χ1n) is 5.18. The van der Waals surface area contributed by atoms with Crippen LogP contribution in [-0.2, 0) is 14.3 Å². The number of nitrogens with zero attached hydrogens (tertiary/aromatic N) is 1. The average Bonchev–Trinajstić information content (AvgIpc) is 2.61. The molecule has 1 rings (SSSR count). The van der Waals surface area contributed by atoms with Crippen molar-refractivity contribution in [2.45, 2.75) is 38.3 Å². The second kappa shape index (κ2) is 5.11. The lowest BCUT2D eigenvalue weighted by atomic mass is 10.2. The summed E-state index contributed by atoms with van der Waals surface area (Å²) in [5.74, 6) is -1.18. The number of rotatable bonds is 4. The third-order valence-electron chi connectivity index (χ3n) is 2.75. The lowest BCUT2D eigenvalue weighted by molar-refractivity contribution is -0.149. The van der Waals surface area contributed by atoms with Crippen LogP contribution in [0.25, 0.3) is 0 Å². The van der Waals surface area contributed by atoms with Gasteiger partial charge in [-0.1, -0.05) is 6.92 Å². The molecule has 0 aliphatic carbocycles. The highest BCUT2D eigenvalue weighted by atomic mass is 16.5. The number of carboxylic acids is 1. The molecule has 1 heterocycles. The van der Waals surface area contributed by atoms with Gasteiger partial charge in [0.05, 0.1) is 7.11 Å². The zero-order valence-corrected chi connectivity index (χ0v) is 9.10. The molecule has 2 atom stereocenters. The molecule has 1 saturated heterocycles. The molecule has 0 saturated carbocycles. The Bertz CT molecular complexity index is 254. The average molecular weight is 215 g/mol. The largest absolute Gasteiger partial charge is 0.480 e. The summed E-state index contributed by atoms with van der Waals surface area (Å²) in [5, 5.41) is 8.99. The third kappa shape index (κ3) is 2.47. The van der Waals surface area contributed by atoms with Gasteiger partial charge in [0.2, 0.25) is 0 Å². The maximum absolute atomic E-state index is 11.4. The van der Waals surface area contributed by atoms with Crippen molar-refractivity contribution in [1.82, 2.24) is 4.90 Å². The van der Waals surface area contributed by atoms with Crippen LogP contribution in [0.4, 0.5) is 0 Å². The summed E-state index contributed by atoms with van der Waals surface area (Å²) in [6.45, 7) is 2.59. The van der Waals surface area contributed by atoms with Gasteiger partial charge in [-0.25, -0.2) is 0 Å². The number of methoxy groups -OCH3 is 1. The summed E-state index contributed by atoms with van der Waals surface area (Å²) in [4.78, 5) is 24.1. The highest BCUT2D eigenvalue weighted by Crippen LogP contribution is 2.25. The molecule has 0 radical (unpaired) electrons. The molecule has 1 aliphatic rings. The summed E-state index contributed by atoms with van der Waals surface area (Å²) < 4.78 is 4.67. The molecule has 0 aromatic rings. The van der Waals surface area contributed by atoms with Crippen molar-refractivity contribution in [3.8, 4) is 0 Å². The number of hydrogen-bond donors (Lipinski definition) is 1. The molecule has 0 spiro atoms. The Hall–Kier alpha value is -1.10. The van der Waals surface area contributed by atoms with Crippen molar-refractivity contribution in [3.63, 3.8) is 0 Å². The number of carbonyl (C=O) groups excluding carboxylic acids is 1. The summed E-state index contributed by atoms with van der Waals surface area (Å²) >= 11 is 0. The van der Waals surface area contributed by atoms with Gasteiger partial charge in [0, 0.05) is 0 Å². The van der Waals surface area contributed by atoms with Gasteiger partial charge in [-0.05, 0) is 25.8 Å². The third-order valence-corrected chi connectivity index (χ3v) is 2.75. The molecule has 1 aliphatic heterocycles. The monoisotopic (exact) mass is 215 g/mol. The molecule has 0 amide bonds. The van der Waals surface area contributed by atoms with E-state index in [0.29, 0.717) is 19.4 Å². The molecule has 5 nitrogen and oxygen atoms in total. The highest BCUT2D eigenvalue weighted by Gasteiger charge is 2.41. The number of ether oxygens (including phenoxy) is 1. The van der Waals surface area contributed by atoms with Crippen LogP contribution in [0, 0.1) is 0 Å². The van der Waals surface area contributed by atoms with Gasteiger partial charge in [-0.3, -0.25) is 14.5 Å². The predicted molar refractivity (Wildman–Crippen MR) is 53.5 cm³/mol. The van der Waals surface area contributed by atoms with Crippen molar-refractivity contribution in [2.75, 3.05) is 13.7 Å². The Balaban J connectivity index is 2.74. The molecule has 5 heteroatoms. The van der Waals surface area contributed by atoms with E-state index in [0.717, 1.165) is 6.42 Å². The Labute approximate surface area is 89.0 Å². The minimum absolute atomic E-state index is 0.327. The number of aliphatic carboxylic acids is 1. The van der Waals surface area contributed by atoms with Crippen LogP contribution in [0.2, 0.25) is 0 Å². The predicted octanol–water partition coefficient (Wildman–Crippen LogP) is 0.487. The Kier molecular flexibility index (Phi) is 4.08. The molecule has 1 fully saturated rings. The van der Waals surface area contributed by atoms with E-state index in [1.807, 2.05) is 6.92 Å². The fourth-order valence-electron chi connectivity index (χ4n) is 2.09. The maximum atomic E-state index is 11.4. The van der Waals surface area contributed by atoms with E-state index in [-0.39, 0.29) is 12.0 Å². The van der Waals surface area contributed by atoms with Crippen molar-refractivity contribution >= 4 is 11.9 Å². The van der Waals surface area contributed by atoms with E-state index >= 15 is 0 Å². The minimum Gasteiger partial charge on any atom is -0.480 e. The van der Waals surface area contributed by atoms with Crippen LogP contribution in [-0.4, -0.2) is 47.7 Å². The number of carboxylic acid groups (broad SMARTS) is 1. The molecule has 0 aromatic carbocycles. The smallest absolute Gasteiger partial charge is 0.323 e. The molecule has 1 N–H and O–H groups in total. The second-order valence-corrected chi connectivity index (χ2v) is 3.71. The van der Waals surface area contributed by atoms with Gasteiger partial charge in [0.25, 0.3) is 0 Å². The van der Waals surface area contributed by atoms with Crippen molar-refractivity contribution in [2.24, 2.45) is 0 Å². The molecule has 0 bridgehead atoms. The number of hydrogen-bond acceptors (Lipinski definition) is 4. The van der Waals surface area contributed by atoms with E-state index in [4.69, 9.17) is 5.11 Å². The minimum atomic E-state index is -0.852. The summed E-state index contributed by atoms with van der Waals surface area (Å²) in [5.41, 5.74) is 0. The van der Waals surface area contributed by atoms with Gasteiger partial charge in [-0.2, -0.15) is 0 Å². The standard InChI is InChI=1S/C10H17NO4/c1-3-6-11-7(9(12)13)4-5-8(11)10(14)15-2/h7-8H,3-6H2,1-2H3,(H,12,13). The number of carbonyl (C=O) groups is 2. The van der Waals surface area contributed by atoms with E-state index in [1.165, 1.54) is 7.11 Å². The molecule has 15 heavy (non-hydrogen) atoms. The molecular formula is C10H17NO4. The molecule has 2 unspecified atom stereocenters. The van der Waals surface area contributed by atoms with Crippen molar-refractivity contribution in [3.05, 3.63) is 0 Å². The van der Waals surface area contributed by atoms with Gasteiger partial charge < -0.3 is 9.84 Å². The Morgan fingerprint density at radius 3 is 2.47 bits per heavy atom. The van der Waals surface area contributed by atoms with Crippen LogP contribution in [0.1, 0.15) is 26.2 Å². The zero-order valence-electron chi connectivity index (χ0n) is 9.10. The lowest BCUT2D eigenvalue weighted by Crippen LogP contribution is -2.44. The van der Waals surface area contributed by atoms with E-state index in [2.05, 4.69) is 4.74 Å². The van der Waals surface area contributed by atoms with Gasteiger partial charge in [0.15, 0.2) is 0 Å². The lowest BCUT2D eigenvalue weighted by Gasteiger charge is -2.25. The first-order valence-corrected chi connectivity index (χ1v) is 5.18. The van der Waals surface area contributed by atoms with Crippen LogP contribution in [0.3, 0.4) is 0 Å². The van der Waals surface area contributed by atoms with Crippen LogP contribution in [0.15, 0.2) is 0 Å². The zero-order chi connectivity index (χ0) is 11.4. The van der Waals surface area contributed by atoms with E-state index in [9.17, 15) is 9.59 Å². The topological polar surface area (TPSA) is 66.8 Å². The summed E-state index contributed by atoms with van der Waals surface area (Å²) in [6.07, 6.45) is 1.93. The first kappa shape index (κ1) is 12.0. The second-order valence-electron chi connectivity index (χ2n) is 3.71. The molecular weight excluding hydrogens is 198 g/mol. The van der Waals surface area contributed by atoms with E-state index in [1.54, 1.807) is 4.90 Å². The number of esters is 1. The number of likely N-dealkylation sites (tertiary alicyclic amines) is 1. The Morgan fingerprint density at radius 1 is 1.40 bits per heavy atom. The first-order chi connectivity index (χ1) is 7.11. The fraction of sp³-hybridized carbons (Fsp3) is 0.800. The molecule has 86 valence electrons. The normalized spacial score (nSPS) is 26.5. The van der Waals surface area contributed by atoms with Crippen LogP contribution < -0.4 is 0 Å². The van der Waals surface area contributed by atoms with Crippen LogP contribution >= 0.6 is 0 Å². The highest BCUT2D eigenvalue weighted by molar-refractivity contribution is 5.80.